The molecule has 74 valence electrons. The maximum Gasteiger partial charge on any atom is 0.339 e. The van der Waals surface area contributed by atoms with Gasteiger partial charge in [0.05, 0.1) is 23.3 Å². The number of hydrogen-bond donors (Lipinski definition) is 0. The van der Waals surface area contributed by atoms with Crippen molar-refractivity contribution in [1.82, 2.24) is 0 Å². The van der Waals surface area contributed by atoms with Gasteiger partial charge in [0.15, 0.2) is 6.29 Å². The second-order valence-corrected chi connectivity index (χ2v) is 2.87. The van der Waals surface area contributed by atoms with E-state index in [2.05, 4.69) is 4.74 Å². The SMILES string of the molecule is COC(=O)c1cc(F)c(C=O)cc1Cl. The first-order valence-electron chi connectivity index (χ1n) is 3.62. The number of esters is 1. The van der Waals surface area contributed by atoms with Crippen LogP contribution in [0.2, 0.25) is 5.02 Å². The fraction of sp³-hybridized carbons (Fsp3) is 0.111. The minimum atomic E-state index is -0.801. The van der Waals surface area contributed by atoms with Crippen LogP contribution in [0, 0.1) is 5.82 Å². The van der Waals surface area contributed by atoms with Crippen LogP contribution in [0.4, 0.5) is 4.39 Å². The van der Waals surface area contributed by atoms with E-state index in [-0.39, 0.29) is 16.1 Å². The van der Waals surface area contributed by atoms with Crippen LogP contribution in [0.25, 0.3) is 0 Å². The Labute approximate surface area is 84.4 Å². The summed E-state index contributed by atoms with van der Waals surface area (Å²) in [6.45, 7) is 0. The minimum Gasteiger partial charge on any atom is -0.465 e. The predicted molar refractivity (Wildman–Crippen MR) is 48.1 cm³/mol. The molecule has 0 amide bonds. The lowest BCUT2D eigenvalue weighted by Gasteiger charge is -2.03. The summed E-state index contributed by atoms with van der Waals surface area (Å²) in [4.78, 5) is 21.3. The van der Waals surface area contributed by atoms with Gasteiger partial charge in [0, 0.05) is 0 Å². The lowest BCUT2D eigenvalue weighted by molar-refractivity contribution is 0.0600. The van der Waals surface area contributed by atoms with Gasteiger partial charge in [-0.3, -0.25) is 4.79 Å². The third-order valence-corrected chi connectivity index (χ3v) is 1.93. The van der Waals surface area contributed by atoms with Gasteiger partial charge in [0.2, 0.25) is 0 Å². The number of ether oxygens (including phenoxy) is 1. The number of aldehydes is 1. The van der Waals surface area contributed by atoms with E-state index < -0.39 is 11.8 Å². The number of benzene rings is 1. The molecule has 1 aromatic rings. The Morgan fingerprint density at radius 2 is 2.21 bits per heavy atom. The molecule has 0 saturated heterocycles. The normalized spacial score (nSPS) is 9.64. The summed E-state index contributed by atoms with van der Waals surface area (Å²) in [5.41, 5.74) is -0.292. The monoisotopic (exact) mass is 216 g/mol. The van der Waals surface area contributed by atoms with Crippen molar-refractivity contribution in [2.24, 2.45) is 0 Å². The zero-order valence-electron chi connectivity index (χ0n) is 7.21. The number of halogens is 2. The molecule has 0 heterocycles. The molecule has 1 rings (SSSR count). The lowest BCUT2D eigenvalue weighted by atomic mass is 10.1. The maximum atomic E-state index is 13.0. The number of methoxy groups -OCH3 is 1. The first kappa shape index (κ1) is 10.7. The predicted octanol–water partition coefficient (Wildman–Crippen LogP) is 2.08. The van der Waals surface area contributed by atoms with Crippen molar-refractivity contribution < 1.29 is 18.7 Å². The smallest absolute Gasteiger partial charge is 0.339 e. The molecule has 0 N–H and O–H groups in total. The van der Waals surface area contributed by atoms with Crippen molar-refractivity contribution in [1.29, 1.82) is 0 Å². The van der Waals surface area contributed by atoms with Gasteiger partial charge in [-0.2, -0.15) is 0 Å². The fourth-order valence-corrected chi connectivity index (χ4v) is 1.17. The van der Waals surface area contributed by atoms with Gasteiger partial charge in [-0.25, -0.2) is 9.18 Å². The second kappa shape index (κ2) is 4.19. The van der Waals surface area contributed by atoms with E-state index in [1.54, 1.807) is 0 Å². The van der Waals surface area contributed by atoms with E-state index in [1.807, 2.05) is 0 Å². The number of hydrogen-bond acceptors (Lipinski definition) is 3. The molecule has 0 spiro atoms. The molecule has 0 aromatic heterocycles. The summed E-state index contributed by atoms with van der Waals surface area (Å²) in [5, 5.41) is -0.0136. The van der Waals surface area contributed by atoms with Gasteiger partial charge >= 0.3 is 5.97 Å². The molecule has 0 fully saturated rings. The van der Waals surface area contributed by atoms with Crippen molar-refractivity contribution in [2.45, 2.75) is 0 Å². The van der Waals surface area contributed by atoms with Gasteiger partial charge in [0.1, 0.15) is 5.82 Å². The van der Waals surface area contributed by atoms with Crippen molar-refractivity contribution >= 4 is 23.9 Å². The highest BCUT2D eigenvalue weighted by atomic mass is 35.5. The van der Waals surface area contributed by atoms with Gasteiger partial charge < -0.3 is 4.74 Å². The summed E-state index contributed by atoms with van der Waals surface area (Å²) in [7, 11) is 1.16. The quantitative estimate of drug-likeness (QED) is 0.562. The van der Waals surface area contributed by atoms with Crippen molar-refractivity contribution in [3.8, 4) is 0 Å². The van der Waals surface area contributed by atoms with E-state index in [4.69, 9.17) is 11.6 Å². The van der Waals surface area contributed by atoms with Crippen LogP contribution in [0.5, 0.6) is 0 Å². The maximum absolute atomic E-state index is 13.0. The second-order valence-electron chi connectivity index (χ2n) is 2.46. The van der Waals surface area contributed by atoms with Crippen LogP contribution in [0.3, 0.4) is 0 Å². The molecule has 0 atom stereocenters. The van der Waals surface area contributed by atoms with Crippen molar-refractivity contribution in [2.75, 3.05) is 7.11 Å². The highest BCUT2D eigenvalue weighted by Gasteiger charge is 2.14. The summed E-state index contributed by atoms with van der Waals surface area (Å²) < 4.78 is 17.4. The molecular formula is C9H6ClFO3. The lowest BCUT2D eigenvalue weighted by Crippen LogP contribution is -2.04. The molecule has 5 heteroatoms. The molecule has 3 nitrogen and oxygen atoms in total. The van der Waals surface area contributed by atoms with Crippen LogP contribution in [-0.2, 0) is 4.74 Å². The van der Waals surface area contributed by atoms with Crippen molar-refractivity contribution in [3.05, 3.63) is 34.1 Å². The average Bonchev–Trinajstić information content (AvgIpc) is 2.19. The molecule has 1 aromatic carbocycles. The first-order chi connectivity index (χ1) is 6.60. The molecule has 0 aliphatic carbocycles. The van der Waals surface area contributed by atoms with Crippen LogP contribution in [0.15, 0.2) is 12.1 Å². The topological polar surface area (TPSA) is 43.4 Å². The molecule has 0 unspecified atom stereocenters. The Hall–Kier alpha value is -1.42. The molecular weight excluding hydrogens is 211 g/mol. The minimum absolute atomic E-state index is 0.0136. The van der Waals surface area contributed by atoms with Crippen LogP contribution >= 0.6 is 11.6 Å². The molecule has 0 radical (unpaired) electrons. The van der Waals surface area contributed by atoms with Crippen molar-refractivity contribution in [3.63, 3.8) is 0 Å². The number of carbonyl (C=O) groups excluding carboxylic acids is 2. The van der Waals surface area contributed by atoms with Gasteiger partial charge in [-0.15, -0.1) is 0 Å². The third kappa shape index (κ3) is 1.90. The third-order valence-electron chi connectivity index (χ3n) is 1.62. The van der Waals surface area contributed by atoms with E-state index >= 15 is 0 Å². The van der Waals surface area contributed by atoms with Crippen LogP contribution in [-0.4, -0.2) is 19.4 Å². The zero-order valence-corrected chi connectivity index (χ0v) is 7.97. The molecule has 0 aliphatic heterocycles. The summed E-state index contributed by atoms with van der Waals surface area (Å²) in [6.07, 6.45) is 0.322. The first-order valence-corrected chi connectivity index (χ1v) is 4.00. The van der Waals surface area contributed by atoms with E-state index in [0.29, 0.717) is 6.29 Å². The Balaban J connectivity index is 3.28. The summed E-state index contributed by atoms with van der Waals surface area (Å²) in [5.74, 6) is -1.55. The molecule has 14 heavy (non-hydrogen) atoms. The van der Waals surface area contributed by atoms with Gasteiger partial charge in [-0.1, -0.05) is 11.6 Å². The van der Waals surface area contributed by atoms with E-state index in [1.165, 1.54) is 0 Å². The highest BCUT2D eigenvalue weighted by molar-refractivity contribution is 6.33. The fourth-order valence-electron chi connectivity index (χ4n) is 0.919. The number of rotatable bonds is 2. The largest absolute Gasteiger partial charge is 0.465 e. The van der Waals surface area contributed by atoms with Crippen LogP contribution < -0.4 is 0 Å². The molecule has 0 bridgehead atoms. The Kier molecular flexibility index (Phi) is 3.19. The highest BCUT2D eigenvalue weighted by Crippen LogP contribution is 2.20. The van der Waals surface area contributed by atoms with E-state index in [9.17, 15) is 14.0 Å². The summed E-state index contributed by atoms with van der Waals surface area (Å²) in [6, 6.07) is 1.95. The van der Waals surface area contributed by atoms with E-state index in [0.717, 1.165) is 19.2 Å². The Morgan fingerprint density at radius 1 is 1.57 bits per heavy atom. The number of carbonyl (C=O) groups is 2. The Bertz CT molecular complexity index is 390. The Morgan fingerprint density at radius 3 is 2.71 bits per heavy atom. The molecule has 0 aliphatic rings. The van der Waals surface area contributed by atoms with Gasteiger partial charge in [0.25, 0.3) is 0 Å². The summed E-state index contributed by atoms with van der Waals surface area (Å²) >= 11 is 5.63. The average molecular weight is 217 g/mol. The van der Waals surface area contributed by atoms with Crippen LogP contribution in [0.1, 0.15) is 20.7 Å². The molecule has 0 saturated carbocycles. The zero-order chi connectivity index (χ0) is 10.7. The standard InChI is InChI=1S/C9H6ClFO3/c1-14-9(13)6-3-8(11)5(4-12)2-7(6)10/h2-4H,1H3. The van der Waals surface area contributed by atoms with Gasteiger partial charge in [-0.05, 0) is 12.1 Å².